The predicted octanol–water partition coefficient (Wildman–Crippen LogP) is 2.51. The molecule has 3 rings (SSSR count). The summed E-state index contributed by atoms with van der Waals surface area (Å²) < 4.78 is 15.7. The molecule has 2 aromatic rings. The SMILES string of the molecule is O=C(COCc1cc(-c2ccco2)on1)NC1CCCC1. The molecule has 6 heteroatoms. The third-order valence-electron chi connectivity index (χ3n) is 3.53. The van der Waals surface area contributed by atoms with Gasteiger partial charge in [0.2, 0.25) is 11.7 Å². The Bertz CT molecular complexity index is 570. The molecule has 21 heavy (non-hydrogen) atoms. The van der Waals surface area contributed by atoms with Crippen LogP contribution in [0.4, 0.5) is 0 Å². The topological polar surface area (TPSA) is 77.5 Å². The Morgan fingerprint density at radius 1 is 1.38 bits per heavy atom. The summed E-state index contributed by atoms with van der Waals surface area (Å²) in [6, 6.07) is 5.63. The van der Waals surface area contributed by atoms with Crippen LogP contribution in [-0.4, -0.2) is 23.7 Å². The number of nitrogens with one attached hydrogen (secondary N) is 1. The highest BCUT2D eigenvalue weighted by atomic mass is 16.5. The van der Waals surface area contributed by atoms with E-state index in [9.17, 15) is 4.79 Å². The molecule has 0 radical (unpaired) electrons. The molecule has 1 amide bonds. The van der Waals surface area contributed by atoms with Gasteiger partial charge < -0.3 is 19.0 Å². The second-order valence-corrected chi connectivity index (χ2v) is 5.20. The molecule has 1 saturated carbocycles. The standard InChI is InChI=1S/C15H18N2O4/c18-15(16-11-4-1-2-5-11)10-19-9-12-8-14(21-17-12)13-6-3-7-20-13/h3,6-8,11H,1-2,4-5,9-10H2,(H,16,18). The third-order valence-corrected chi connectivity index (χ3v) is 3.53. The molecule has 0 saturated heterocycles. The molecule has 1 N–H and O–H groups in total. The monoisotopic (exact) mass is 290 g/mol. The number of nitrogens with zero attached hydrogens (tertiary/aromatic N) is 1. The number of aromatic nitrogens is 1. The molecule has 1 aliphatic carbocycles. The van der Waals surface area contributed by atoms with Crippen LogP contribution in [0.1, 0.15) is 31.4 Å². The van der Waals surface area contributed by atoms with Gasteiger partial charge in [0.15, 0.2) is 5.76 Å². The van der Waals surface area contributed by atoms with E-state index in [1.807, 2.05) is 0 Å². The fourth-order valence-corrected chi connectivity index (χ4v) is 2.50. The zero-order valence-corrected chi connectivity index (χ0v) is 11.7. The average molecular weight is 290 g/mol. The summed E-state index contributed by atoms with van der Waals surface area (Å²) in [7, 11) is 0. The van der Waals surface area contributed by atoms with Crippen molar-refractivity contribution in [2.75, 3.05) is 6.61 Å². The molecule has 0 atom stereocenters. The first-order valence-corrected chi connectivity index (χ1v) is 7.18. The minimum Gasteiger partial charge on any atom is -0.461 e. The van der Waals surface area contributed by atoms with Crippen LogP contribution in [0.25, 0.3) is 11.5 Å². The Morgan fingerprint density at radius 2 is 2.24 bits per heavy atom. The van der Waals surface area contributed by atoms with Crippen molar-refractivity contribution in [3.8, 4) is 11.5 Å². The van der Waals surface area contributed by atoms with Crippen LogP contribution in [0.3, 0.4) is 0 Å². The fraction of sp³-hybridized carbons (Fsp3) is 0.467. The van der Waals surface area contributed by atoms with E-state index in [-0.39, 0.29) is 19.1 Å². The summed E-state index contributed by atoms with van der Waals surface area (Å²) in [6.07, 6.45) is 6.10. The van der Waals surface area contributed by atoms with E-state index in [0.717, 1.165) is 12.8 Å². The molecule has 0 spiro atoms. The number of hydrogen-bond acceptors (Lipinski definition) is 5. The molecule has 0 aliphatic heterocycles. The number of carbonyl (C=O) groups excluding carboxylic acids is 1. The van der Waals surface area contributed by atoms with Crippen LogP contribution >= 0.6 is 0 Å². The van der Waals surface area contributed by atoms with Gasteiger partial charge in [-0.05, 0) is 25.0 Å². The zero-order valence-electron chi connectivity index (χ0n) is 11.7. The van der Waals surface area contributed by atoms with E-state index in [1.165, 1.54) is 12.8 Å². The van der Waals surface area contributed by atoms with Gasteiger partial charge in [-0.25, -0.2) is 0 Å². The van der Waals surface area contributed by atoms with Gasteiger partial charge in [0.25, 0.3) is 0 Å². The number of hydrogen-bond donors (Lipinski definition) is 1. The smallest absolute Gasteiger partial charge is 0.246 e. The molecule has 2 aromatic heterocycles. The Hall–Kier alpha value is -2.08. The van der Waals surface area contributed by atoms with E-state index in [2.05, 4.69) is 10.5 Å². The molecule has 0 bridgehead atoms. The highest BCUT2D eigenvalue weighted by Gasteiger charge is 2.17. The maximum Gasteiger partial charge on any atom is 0.246 e. The highest BCUT2D eigenvalue weighted by Crippen LogP contribution is 2.20. The lowest BCUT2D eigenvalue weighted by Gasteiger charge is -2.11. The minimum atomic E-state index is -0.0725. The van der Waals surface area contributed by atoms with E-state index >= 15 is 0 Å². The Morgan fingerprint density at radius 3 is 3.00 bits per heavy atom. The van der Waals surface area contributed by atoms with Gasteiger partial charge in [-0.1, -0.05) is 18.0 Å². The highest BCUT2D eigenvalue weighted by molar-refractivity contribution is 5.77. The molecule has 112 valence electrons. The summed E-state index contributed by atoms with van der Waals surface area (Å²) in [5, 5.41) is 6.85. The normalized spacial score (nSPS) is 15.4. The maximum atomic E-state index is 11.7. The minimum absolute atomic E-state index is 0.0411. The molecule has 6 nitrogen and oxygen atoms in total. The largest absolute Gasteiger partial charge is 0.461 e. The van der Waals surface area contributed by atoms with Crippen molar-refractivity contribution >= 4 is 5.91 Å². The molecule has 0 unspecified atom stereocenters. The van der Waals surface area contributed by atoms with Crippen LogP contribution in [0.15, 0.2) is 33.4 Å². The van der Waals surface area contributed by atoms with Crippen LogP contribution in [0.5, 0.6) is 0 Å². The third kappa shape index (κ3) is 3.72. The molecule has 0 aromatic carbocycles. The quantitative estimate of drug-likeness (QED) is 0.884. The van der Waals surface area contributed by atoms with Gasteiger partial charge in [-0.15, -0.1) is 0 Å². The van der Waals surface area contributed by atoms with Crippen molar-refractivity contribution in [2.45, 2.75) is 38.3 Å². The Kier molecular flexibility index (Phi) is 4.35. The Balaban J connectivity index is 1.42. The first-order chi connectivity index (χ1) is 10.3. The number of ether oxygens (including phenoxy) is 1. The lowest BCUT2D eigenvalue weighted by molar-refractivity contribution is -0.126. The lowest BCUT2D eigenvalue weighted by atomic mass is 10.2. The van der Waals surface area contributed by atoms with E-state index in [1.54, 1.807) is 24.5 Å². The average Bonchev–Trinajstić information content (AvgIpc) is 3.21. The van der Waals surface area contributed by atoms with Crippen molar-refractivity contribution in [3.63, 3.8) is 0 Å². The first kappa shape index (κ1) is 13.9. The second kappa shape index (κ2) is 6.58. The fourth-order valence-electron chi connectivity index (χ4n) is 2.50. The predicted molar refractivity (Wildman–Crippen MR) is 74.3 cm³/mol. The van der Waals surface area contributed by atoms with Crippen molar-refractivity contribution in [1.29, 1.82) is 0 Å². The summed E-state index contributed by atoms with van der Waals surface area (Å²) >= 11 is 0. The van der Waals surface area contributed by atoms with Gasteiger partial charge in [0.1, 0.15) is 12.3 Å². The molecule has 1 aliphatic rings. The van der Waals surface area contributed by atoms with Crippen molar-refractivity contribution in [3.05, 3.63) is 30.2 Å². The van der Waals surface area contributed by atoms with Gasteiger partial charge in [0, 0.05) is 12.1 Å². The van der Waals surface area contributed by atoms with Crippen molar-refractivity contribution in [1.82, 2.24) is 10.5 Å². The molecular formula is C15H18N2O4. The molecule has 2 heterocycles. The summed E-state index contributed by atoms with van der Waals surface area (Å²) in [5.74, 6) is 1.10. The number of furan rings is 1. The van der Waals surface area contributed by atoms with E-state index < -0.39 is 0 Å². The van der Waals surface area contributed by atoms with Gasteiger partial charge in [0.05, 0.1) is 12.9 Å². The number of amides is 1. The maximum absolute atomic E-state index is 11.7. The van der Waals surface area contributed by atoms with Gasteiger partial charge in [-0.2, -0.15) is 0 Å². The number of rotatable bonds is 6. The lowest BCUT2D eigenvalue weighted by Crippen LogP contribution is -2.35. The number of carbonyl (C=O) groups is 1. The van der Waals surface area contributed by atoms with Crippen LogP contribution in [0, 0.1) is 0 Å². The van der Waals surface area contributed by atoms with Gasteiger partial charge in [-0.3, -0.25) is 4.79 Å². The summed E-state index contributed by atoms with van der Waals surface area (Å²) in [5.41, 5.74) is 0.634. The summed E-state index contributed by atoms with van der Waals surface area (Å²) in [6.45, 7) is 0.280. The van der Waals surface area contributed by atoms with Crippen LogP contribution < -0.4 is 5.32 Å². The van der Waals surface area contributed by atoms with E-state index in [4.69, 9.17) is 13.7 Å². The van der Waals surface area contributed by atoms with Crippen molar-refractivity contribution in [2.24, 2.45) is 0 Å². The van der Waals surface area contributed by atoms with Crippen molar-refractivity contribution < 1.29 is 18.5 Å². The first-order valence-electron chi connectivity index (χ1n) is 7.18. The summed E-state index contributed by atoms with van der Waals surface area (Å²) in [4.78, 5) is 11.7. The Labute approximate surface area is 122 Å². The van der Waals surface area contributed by atoms with E-state index in [0.29, 0.717) is 23.3 Å². The second-order valence-electron chi connectivity index (χ2n) is 5.20. The van der Waals surface area contributed by atoms with Gasteiger partial charge >= 0.3 is 0 Å². The van der Waals surface area contributed by atoms with Crippen LogP contribution in [0.2, 0.25) is 0 Å². The molecular weight excluding hydrogens is 272 g/mol. The molecule has 1 fully saturated rings. The van der Waals surface area contributed by atoms with Crippen LogP contribution in [-0.2, 0) is 16.1 Å². The zero-order chi connectivity index (χ0) is 14.5.